The van der Waals surface area contributed by atoms with E-state index in [0.29, 0.717) is 28.8 Å². The molecule has 3 rings (SSSR count). The fourth-order valence-corrected chi connectivity index (χ4v) is 3.38. The van der Waals surface area contributed by atoms with Crippen LogP contribution < -0.4 is 10.9 Å². The Morgan fingerprint density at radius 2 is 1.77 bits per heavy atom. The molecule has 162 valence electrons. The number of carbonyl (C=O) groups is 2. The summed E-state index contributed by atoms with van der Waals surface area (Å²) in [6, 6.07) is 13.6. The largest absolute Gasteiger partial charge is 0.340 e. The van der Waals surface area contributed by atoms with Crippen molar-refractivity contribution in [1.82, 2.24) is 20.2 Å². The highest BCUT2D eigenvalue weighted by molar-refractivity contribution is 5.97. The third-order valence-corrected chi connectivity index (χ3v) is 5.23. The summed E-state index contributed by atoms with van der Waals surface area (Å²) in [4.78, 5) is 47.2. The van der Waals surface area contributed by atoms with Crippen molar-refractivity contribution in [2.45, 2.75) is 40.3 Å². The van der Waals surface area contributed by atoms with Crippen molar-refractivity contribution in [3.63, 3.8) is 0 Å². The zero-order valence-corrected chi connectivity index (χ0v) is 18.3. The van der Waals surface area contributed by atoms with E-state index in [1.54, 1.807) is 35.2 Å². The maximum Gasteiger partial charge on any atom is 0.258 e. The molecule has 2 N–H and O–H groups in total. The van der Waals surface area contributed by atoms with Gasteiger partial charge in [0.1, 0.15) is 11.9 Å². The van der Waals surface area contributed by atoms with E-state index in [2.05, 4.69) is 15.3 Å². The molecule has 0 saturated carbocycles. The van der Waals surface area contributed by atoms with Crippen LogP contribution in [0.4, 0.5) is 0 Å². The van der Waals surface area contributed by atoms with Gasteiger partial charge in [0.25, 0.3) is 11.5 Å². The van der Waals surface area contributed by atoms with Crippen LogP contribution in [0.15, 0.2) is 53.3 Å². The molecule has 0 aliphatic carbocycles. The van der Waals surface area contributed by atoms with Crippen LogP contribution in [0.25, 0.3) is 10.9 Å². The first-order valence-electron chi connectivity index (χ1n) is 10.4. The van der Waals surface area contributed by atoms with Gasteiger partial charge in [-0.25, -0.2) is 4.98 Å². The van der Waals surface area contributed by atoms with Gasteiger partial charge < -0.3 is 15.2 Å². The van der Waals surface area contributed by atoms with Gasteiger partial charge in [0.15, 0.2) is 0 Å². The topological polar surface area (TPSA) is 95.2 Å². The Kier molecular flexibility index (Phi) is 6.84. The minimum atomic E-state index is -0.694. The SMILES string of the molecule is CCN(Cc1nc2ccccc2c(=O)[nH]1)C(=O)C(NC(=O)c1ccc(C)cc1)C(C)C. The second-order valence-corrected chi connectivity index (χ2v) is 7.94. The molecule has 0 radical (unpaired) electrons. The van der Waals surface area contributed by atoms with Crippen molar-refractivity contribution in [1.29, 1.82) is 0 Å². The Labute approximate surface area is 181 Å². The van der Waals surface area contributed by atoms with Gasteiger partial charge in [-0.2, -0.15) is 0 Å². The number of fused-ring (bicyclic) bond motifs is 1. The number of nitrogens with zero attached hydrogens (tertiary/aromatic N) is 2. The lowest BCUT2D eigenvalue weighted by atomic mass is 10.0. The molecule has 31 heavy (non-hydrogen) atoms. The number of likely N-dealkylation sites (N-methyl/N-ethyl adjacent to an activating group) is 1. The molecule has 1 atom stereocenters. The minimum absolute atomic E-state index is 0.112. The summed E-state index contributed by atoms with van der Waals surface area (Å²) in [5.41, 5.74) is 1.91. The van der Waals surface area contributed by atoms with Gasteiger partial charge in [-0.1, -0.05) is 43.7 Å². The second kappa shape index (κ2) is 9.55. The number of hydrogen-bond acceptors (Lipinski definition) is 4. The molecule has 1 heterocycles. The standard InChI is InChI=1S/C24H28N4O3/c1-5-28(14-20-25-19-9-7-6-8-18(19)23(30)26-20)24(31)21(15(2)3)27-22(29)17-12-10-16(4)11-13-17/h6-13,15,21H,5,14H2,1-4H3,(H,27,29)(H,25,26,30). The van der Waals surface area contributed by atoms with E-state index in [1.807, 2.05) is 45.9 Å². The summed E-state index contributed by atoms with van der Waals surface area (Å²) in [6.07, 6.45) is 0. The molecule has 0 aliphatic heterocycles. The van der Waals surface area contributed by atoms with Crippen molar-refractivity contribution in [3.05, 3.63) is 75.8 Å². The van der Waals surface area contributed by atoms with E-state index < -0.39 is 6.04 Å². The van der Waals surface area contributed by atoms with Crippen LogP contribution in [0, 0.1) is 12.8 Å². The van der Waals surface area contributed by atoms with Gasteiger partial charge in [-0.15, -0.1) is 0 Å². The van der Waals surface area contributed by atoms with E-state index in [4.69, 9.17) is 0 Å². The normalized spacial score (nSPS) is 12.0. The lowest BCUT2D eigenvalue weighted by Crippen LogP contribution is -2.51. The molecular formula is C24H28N4O3. The lowest BCUT2D eigenvalue weighted by molar-refractivity contribution is -0.134. The Balaban J connectivity index is 1.80. The molecule has 2 aromatic carbocycles. The molecular weight excluding hydrogens is 392 g/mol. The van der Waals surface area contributed by atoms with Gasteiger partial charge in [0.2, 0.25) is 5.91 Å². The third-order valence-electron chi connectivity index (χ3n) is 5.23. The first-order chi connectivity index (χ1) is 14.8. The number of hydrogen-bond donors (Lipinski definition) is 2. The van der Waals surface area contributed by atoms with E-state index in [9.17, 15) is 14.4 Å². The van der Waals surface area contributed by atoms with Crippen molar-refractivity contribution in [3.8, 4) is 0 Å². The Bertz CT molecular complexity index is 1140. The molecule has 0 spiro atoms. The van der Waals surface area contributed by atoms with Crippen molar-refractivity contribution >= 4 is 22.7 Å². The average molecular weight is 421 g/mol. The van der Waals surface area contributed by atoms with E-state index in [-0.39, 0.29) is 29.8 Å². The number of para-hydroxylation sites is 1. The van der Waals surface area contributed by atoms with Gasteiger partial charge >= 0.3 is 0 Å². The Hall–Kier alpha value is -3.48. The molecule has 0 fully saturated rings. The fraction of sp³-hybridized carbons (Fsp3) is 0.333. The van der Waals surface area contributed by atoms with Crippen molar-refractivity contribution in [2.75, 3.05) is 6.54 Å². The van der Waals surface area contributed by atoms with Crippen LogP contribution in [0.5, 0.6) is 0 Å². The molecule has 0 bridgehead atoms. The predicted molar refractivity (Wildman–Crippen MR) is 121 cm³/mol. The third kappa shape index (κ3) is 5.17. The highest BCUT2D eigenvalue weighted by atomic mass is 16.2. The number of H-pyrrole nitrogens is 1. The number of aromatic amines is 1. The lowest BCUT2D eigenvalue weighted by Gasteiger charge is -2.28. The highest BCUT2D eigenvalue weighted by Gasteiger charge is 2.29. The summed E-state index contributed by atoms with van der Waals surface area (Å²) in [5, 5.41) is 3.38. The average Bonchev–Trinajstić information content (AvgIpc) is 2.75. The monoisotopic (exact) mass is 420 g/mol. The molecule has 7 nitrogen and oxygen atoms in total. The minimum Gasteiger partial charge on any atom is -0.340 e. The van der Waals surface area contributed by atoms with Crippen LogP contribution in [0.2, 0.25) is 0 Å². The first-order valence-corrected chi connectivity index (χ1v) is 10.4. The Morgan fingerprint density at radius 3 is 2.42 bits per heavy atom. The number of amides is 2. The van der Waals surface area contributed by atoms with E-state index in [1.165, 1.54) is 0 Å². The maximum absolute atomic E-state index is 13.3. The van der Waals surface area contributed by atoms with Gasteiger partial charge in [0.05, 0.1) is 17.4 Å². The molecule has 2 amide bonds. The molecule has 0 saturated heterocycles. The van der Waals surface area contributed by atoms with E-state index >= 15 is 0 Å². The predicted octanol–water partition coefficient (Wildman–Crippen LogP) is 3.03. The molecule has 1 aromatic heterocycles. The fourth-order valence-electron chi connectivity index (χ4n) is 3.38. The van der Waals surface area contributed by atoms with Crippen LogP contribution >= 0.6 is 0 Å². The first kappa shape index (κ1) is 22.2. The number of aryl methyl sites for hydroxylation is 1. The van der Waals surface area contributed by atoms with Gasteiger partial charge in [0, 0.05) is 12.1 Å². The van der Waals surface area contributed by atoms with Crippen LogP contribution in [0.1, 0.15) is 42.5 Å². The number of aromatic nitrogens is 2. The number of benzene rings is 2. The second-order valence-electron chi connectivity index (χ2n) is 7.94. The number of nitrogens with one attached hydrogen (secondary N) is 2. The number of rotatable bonds is 7. The molecule has 1 unspecified atom stereocenters. The van der Waals surface area contributed by atoms with Crippen molar-refractivity contribution in [2.24, 2.45) is 5.92 Å². The summed E-state index contributed by atoms with van der Waals surface area (Å²) in [5.74, 6) is -0.208. The molecule has 7 heteroatoms. The van der Waals surface area contributed by atoms with Gasteiger partial charge in [-0.3, -0.25) is 14.4 Å². The molecule has 0 aliphatic rings. The zero-order valence-electron chi connectivity index (χ0n) is 18.3. The van der Waals surface area contributed by atoms with Crippen molar-refractivity contribution < 1.29 is 9.59 Å². The smallest absolute Gasteiger partial charge is 0.258 e. The van der Waals surface area contributed by atoms with Gasteiger partial charge in [-0.05, 0) is 44.0 Å². The summed E-state index contributed by atoms with van der Waals surface area (Å²) in [7, 11) is 0. The Morgan fingerprint density at radius 1 is 1.10 bits per heavy atom. The highest BCUT2D eigenvalue weighted by Crippen LogP contribution is 2.12. The summed E-state index contributed by atoms with van der Waals surface area (Å²) in [6.45, 7) is 8.16. The van der Waals surface area contributed by atoms with Crippen LogP contribution in [-0.4, -0.2) is 39.3 Å². The van der Waals surface area contributed by atoms with Crippen LogP contribution in [0.3, 0.4) is 0 Å². The van der Waals surface area contributed by atoms with E-state index in [0.717, 1.165) is 5.56 Å². The summed E-state index contributed by atoms with van der Waals surface area (Å²) < 4.78 is 0. The quantitative estimate of drug-likeness (QED) is 0.614. The number of carbonyl (C=O) groups excluding carboxylic acids is 2. The maximum atomic E-state index is 13.3. The van der Waals surface area contributed by atoms with Crippen LogP contribution in [-0.2, 0) is 11.3 Å². The molecule has 3 aromatic rings. The summed E-state index contributed by atoms with van der Waals surface area (Å²) >= 11 is 0. The zero-order chi connectivity index (χ0) is 22.5.